The summed E-state index contributed by atoms with van der Waals surface area (Å²) >= 11 is 9.31. The predicted molar refractivity (Wildman–Crippen MR) is 94.3 cm³/mol. The van der Waals surface area contributed by atoms with E-state index >= 15 is 0 Å². The fourth-order valence-electron chi connectivity index (χ4n) is 2.14. The highest BCUT2D eigenvalue weighted by molar-refractivity contribution is 9.10. The summed E-state index contributed by atoms with van der Waals surface area (Å²) in [5.41, 5.74) is 2.55. The molecule has 3 aromatic rings. The fraction of sp³-hybridized carbons (Fsp3) is 0.0588. The number of rotatable bonds is 4. The van der Waals surface area contributed by atoms with Crippen LogP contribution in [0.3, 0.4) is 0 Å². The first kappa shape index (κ1) is 16.7. The lowest BCUT2D eigenvalue weighted by atomic mass is 10.1. The van der Waals surface area contributed by atoms with Gasteiger partial charge in [0.2, 0.25) is 0 Å². The molecule has 0 fully saturated rings. The Bertz CT molecular complexity index is 880. The highest BCUT2D eigenvalue weighted by Gasteiger charge is 2.12. The van der Waals surface area contributed by atoms with Crippen molar-refractivity contribution in [1.29, 1.82) is 0 Å². The molecule has 2 aromatic carbocycles. The van der Waals surface area contributed by atoms with Crippen molar-refractivity contribution in [3.8, 4) is 11.3 Å². The van der Waals surface area contributed by atoms with Gasteiger partial charge in [-0.1, -0.05) is 45.7 Å². The van der Waals surface area contributed by atoms with E-state index < -0.39 is 5.82 Å². The first-order valence-electron chi connectivity index (χ1n) is 7.06. The number of benzene rings is 2. The molecule has 4 nitrogen and oxygen atoms in total. The zero-order valence-corrected chi connectivity index (χ0v) is 14.7. The molecule has 1 aromatic heterocycles. The third-order valence-corrected chi connectivity index (χ3v) is 4.30. The number of aromatic amines is 1. The van der Waals surface area contributed by atoms with Crippen molar-refractivity contribution in [3.63, 3.8) is 0 Å². The molecule has 0 saturated carbocycles. The number of carbonyl (C=O) groups excluding carboxylic acids is 1. The minimum absolute atomic E-state index is 0.199. The number of H-pyrrole nitrogens is 1. The minimum atomic E-state index is -0.414. The van der Waals surface area contributed by atoms with Gasteiger partial charge in [0, 0.05) is 21.6 Å². The Morgan fingerprint density at radius 2 is 1.96 bits per heavy atom. The Balaban J connectivity index is 1.68. The molecule has 2 N–H and O–H groups in total. The van der Waals surface area contributed by atoms with Gasteiger partial charge in [-0.25, -0.2) is 4.39 Å². The van der Waals surface area contributed by atoms with Gasteiger partial charge in [0.15, 0.2) is 0 Å². The third kappa shape index (κ3) is 3.83. The maximum atomic E-state index is 13.0. The van der Waals surface area contributed by atoms with Crippen LogP contribution in [0.2, 0.25) is 5.02 Å². The van der Waals surface area contributed by atoms with Gasteiger partial charge in [-0.15, -0.1) is 0 Å². The van der Waals surface area contributed by atoms with E-state index in [1.165, 1.54) is 18.2 Å². The molecular weight excluding hydrogens is 397 g/mol. The normalized spacial score (nSPS) is 10.6. The standard InChI is InChI=1S/C17H12BrClFN3O/c18-12-4-1-10(2-5-12)15-8-16(23-22-15)17(24)21-9-11-3-6-13(20)7-14(11)19/h1-8H,9H2,(H,21,24)(H,22,23). The van der Waals surface area contributed by atoms with Crippen molar-refractivity contribution in [2.24, 2.45) is 0 Å². The lowest BCUT2D eigenvalue weighted by molar-refractivity contribution is 0.0946. The van der Waals surface area contributed by atoms with E-state index in [2.05, 4.69) is 31.4 Å². The molecule has 0 atom stereocenters. The average molecular weight is 409 g/mol. The second kappa shape index (κ2) is 7.15. The molecule has 24 heavy (non-hydrogen) atoms. The van der Waals surface area contributed by atoms with Crippen LogP contribution in [-0.4, -0.2) is 16.1 Å². The summed E-state index contributed by atoms with van der Waals surface area (Å²) in [6.45, 7) is 0.199. The molecule has 0 bridgehead atoms. The molecule has 7 heteroatoms. The topological polar surface area (TPSA) is 57.8 Å². The zero-order valence-electron chi connectivity index (χ0n) is 12.3. The summed E-state index contributed by atoms with van der Waals surface area (Å²) in [5.74, 6) is -0.728. The second-order valence-corrected chi connectivity index (χ2v) is 6.42. The number of amides is 1. The number of aromatic nitrogens is 2. The van der Waals surface area contributed by atoms with Crippen LogP contribution < -0.4 is 5.32 Å². The van der Waals surface area contributed by atoms with Gasteiger partial charge in [-0.2, -0.15) is 5.10 Å². The Hall–Kier alpha value is -2.18. The van der Waals surface area contributed by atoms with Crippen LogP contribution >= 0.6 is 27.5 Å². The number of hydrogen-bond acceptors (Lipinski definition) is 2. The van der Waals surface area contributed by atoms with Crippen molar-refractivity contribution < 1.29 is 9.18 Å². The number of carbonyl (C=O) groups is 1. The molecule has 0 aliphatic heterocycles. The predicted octanol–water partition coefficient (Wildman–Crippen LogP) is 4.56. The summed E-state index contributed by atoms with van der Waals surface area (Å²) in [4.78, 5) is 12.2. The molecule has 0 unspecified atom stereocenters. The molecular formula is C17H12BrClFN3O. The molecule has 0 aliphatic rings. The monoisotopic (exact) mass is 407 g/mol. The van der Waals surface area contributed by atoms with Crippen LogP contribution in [0.4, 0.5) is 4.39 Å². The van der Waals surface area contributed by atoms with Gasteiger partial charge in [0.05, 0.1) is 5.69 Å². The fourth-order valence-corrected chi connectivity index (χ4v) is 2.64. The Kier molecular flexibility index (Phi) is 4.97. The van der Waals surface area contributed by atoms with E-state index in [1.54, 1.807) is 6.07 Å². The van der Waals surface area contributed by atoms with Crippen LogP contribution in [0, 0.1) is 5.82 Å². The molecule has 0 saturated heterocycles. The van der Waals surface area contributed by atoms with Crippen LogP contribution in [0.25, 0.3) is 11.3 Å². The molecule has 0 radical (unpaired) electrons. The first-order valence-corrected chi connectivity index (χ1v) is 8.23. The highest BCUT2D eigenvalue weighted by Crippen LogP contribution is 2.21. The smallest absolute Gasteiger partial charge is 0.269 e. The van der Waals surface area contributed by atoms with E-state index in [9.17, 15) is 9.18 Å². The van der Waals surface area contributed by atoms with Crippen LogP contribution in [-0.2, 0) is 6.54 Å². The summed E-state index contributed by atoms with van der Waals surface area (Å²) in [6.07, 6.45) is 0. The molecule has 0 spiro atoms. The van der Waals surface area contributed by atoms with E-state index in [-0.39, 0.29) is 17.5 Å². The van der Waals surface area contributed by atoms with Gasteiger partial charge in [-0.05, 0) is 35.9 Å². The largest absolute Gasteiger partial charge is 0.347 e. The minimum Gasteiger partial charge on any atom is -0.347 e. The molecule has 1 heterocycles. The van der Waals surface area contributed by atoms with Crippen LogP contribution in [0.15, 0.2) is 53.0 Å². The third-order valence-electron chi connectivity index (χ3n) is 3.42. The second-order valence-electron chi connectivity index (χ2n) is 5.09. The number of hydrogen-bond donors (Lipinski definition) is 2. The Morgan fingerprint density at radius 1 is 1.21 bits per heavy atom. The van der Waals surface area contributed by atoms with E-state index in [4.69, 9.17) is 11.6 Å². The van der Waals surface area contributed by atoms with Gasteiger partial charge >= 0.3 is 0 Å². The SMILES string of the molecule is O=C(NCc1ccc(F)cc1Cl)c1cc(-c2ccc(Br)cc2)n[nH]1. The van der Waals surface area contributed by atoms with Gasteiger partial charge in [0.1, 0.15) is 11.5 Å². The number of nitrogens with zero attached hydrogens (tertiary/aromatic N) is 1. The maximum Gasteiger partial charge on any atom is 0.269 e. The Labute approximate surface area is 151 Å². The average Bonchev–Trinajstić information content (AvgIpc) is 3.04. The van der Waals surface area contributed by atoms with E-state index in [0.29, 0.717) is 17.0 Å². The van der Waals surface area contributed by atoms with Crippen molar-refractivity contribution in [3.05, 3.63) is 75.1 Å². The lowest BCUT2D eigenvalue weighted by Gasteiger charge is -2.05. The number of halogens is 3. The van der Waals surface area contributed by atoms with Gasteiger partial charge < -0.3 is 5.32 Å². The summed E-state index contributed by atoms with van der Waals surface area (Å²) in [7, 11) is 0. The summed E-state index contributed by atoms with van der Waals surface area (Å²) < 4.78 is 14.0. The highest BCUT2D eigenvalue weighted by atomic mass is 79.9. The van der Waals surface area contributed by atoms with E-state index in [1.807, 2.05) is 24.3 Å². The van der Waals surface area contributed by atoms with Gasteiger partial charge in [-0.3, -0.25) is 9.89 Å². The molecule has 3 rings (SSSR count). The molecule has 122 valence electrons. The van der Waals surface area contributed by atoms with Crippen molar-refractivity contribution in [1.82, 2.24) is 15.5 Å². The first-order chi connectivity index (χ1) is 11.5. The molecule has 1 amide bonds. The number of nitrogens with one attached hydrogen (secondary N) is 2. The van der Waals surface area contributed by atoms with E-state index in [0.717, 1.165) is 10.0 Å². The molecule has 0 aliphatic carbocycles. The van der Waals surface area contributed by atoms with Crippen LogP contribution in [0.5, 0.6) is 0 Å². The lowest BCUT2D eigenvalue weighted by Crippen LogP contribution is -2.23. The van der Waals surface area contributed by atoms with Crippen molar-refractivity contribution in [2.75, 3.05) is 0 Å². The van der Waals surface area contributed by atoms with Crippen LogP contribution in [0.1, 0.15) is 16.1 Å². The van der Waals surface area contributed by atoms with Crippen molar-refractivity contribution in [2.45, 2.75) is 6.54 Å². The zero-order chi connectivity index (χ0) is 17.1. The quantitative estimate of drug-likeness (QED) is 0.665. The maximum absolute atomic E-state index is 13.0. The summed E-state index contributed by atoms with van der Waals surface area (Å²) in [6, 6.07) is 13.3. The van der Waals surface area contributed by atoms with Gasteiger partial charge in [0.25, 0.3) is 5.91 Å². The summed E-state index contributed by atoms with van der Waals surface area (Å²) in [5, 5.41) is 9.85. The van der Waals surface area contributed by atoms with Crippen molar-refractivity contribution >= 4 is 33.4 Å². The Morgan fingerprint density at radius 3 is 2.67 bits per heavy atom.